The molecule has 0 saturated heterocycles. The maximum Gasteiger partial charge on any atom is 1.00 e. The number of hydrogen-bond donors (Lipinski definition) is 1. The Balaban J connectivity index is -0.00000722. The molecule has 1 N–H and O–H groups in total. The summed E-state index contributed by atoms with van der Waals surface area (Å²) in [6.07, 6.45) is 17.1. The van der Waals surface area contributed by atoms with E-state index in [4.69, 9.17) is 9.47 Å². The zero-order chi connectivity index (χ0) is 29.2. The fourth-order valence-electron chi connectivity index (χ4n) is 4.09. The minimum Gasteiger partial charge on any atom is -0.790 e. The largest absolute Gasteiger partial charge is 1.00 e. The molecule has 0 aromatic rings. The van der Waals surface area contributed by atoms with Crippen molar-refractivity contribution in [1.29, 1.82) is 0 Å². The van der Waals surface area contributed by atoms with Crippen molar-refractivity contribution in [2.75, 3.05) is 19.8 Å². The molecule has 0 saturated carbocycles. The van der Waals surface area contributed by atoms with E-state index in [2.05, 4.69) is 16.8 Å². The van der Waals surface area contributed by atoms with Gasteiger partial charge in [0.1, 0.15) is 6.61 Å². The predicted octanol–water partition coefficient (Wildman–Crippen LogP) is -1.14. The van der Waals surface area contributed by atoms with Gasteiger partial charge in [-0.05, 0) is 19.3 Å². The van der Waals surface area contributed by atoms with E-state index in [1.807, 2.05) is 0 Å². The third kappa shape index (κ3) is 36.6. The molecule has 1 amide bonds. The van der Waals surface area contributed by atoms with Gasteiger partial charge in [-0.1, -0.05) is 96.8 Å². The van der Waals surface area contributed by atoms with Crippen LogP contribution in [0.15, 0.2) is 0 Å². The Hall–Kier alpha value is 0.520. The van der Waals surface area contributed by atoms with Gasteiger partial charge in [-0.15, -0.1) is 0 Å². The van der Waals surface area contributed by atoms with Crippen LogP contribution in [0.2, 0.25) is 0 Å². The number of nitrogens with one attached hydrogen (secondary N) is 1. The Labute approximate surface area is 292 Å². The Morgan fingerprint density at radius 1 is 0.683 bits per heavy atom. The maximum atomic E-state index is 12.2. The minimum atomic E-state index is -5.25. The van der Waals surface area contributed by atoms with E-state index in [0.717, 1.165) is 57.8 Å². The van der Waals surface area contributed by atoms with Gasteiger partial charge in [-0.25, -0.2) is 0 Å². The van der Waals surface area contributed by atoms with Gasteiger partial charge in [0, 0.05) is 26.3 Å². The topological polar surface area (TPSA) is 154 Å². The first kappa shape index (κ1) is 45.9. The normalized spacial score (nSPS) is 11.6. The molecule has 0 aromatic carbocycles. The van der Waals surface area contributed by atoms with Crippen LogP contribution in [-0.2, 0) is 32.9 Å². The van der Waals surface area contributed by atoms with Crippen molar-refractivity contribution >= 4 is 25.7 Å². The third-order valence-electron chi connectivity index (χ3n) is 6.31. The number of unbranched alkanes of at least 4 members (excludes halogenated alkanes) is 15. The van der Waals surface area contributed by atoms with E-state index in [9.17, 15) is 28.7 Å². The van der Waals surface area contributed by atoms with Crippen molar-refractivity contribution in [2.24, 2.45) is 0 Å². The molecule has 10 nitrogen and oxygen atoms in total. The molecule has 0 aliphatic carbocycles. The van der Waals surface area contributed by atoms with Crippen LogP contribution in [0.25, 0.3) is 0 Å². The minimum absolute atomic E-state index is 0. The SMILES string of the molecule is CCCCCCCCCCCCC(=O)O[C@@H](COC(=O)CCCCCCCCCNC(C)=O)COP(=O)([O-])[O-].[Na+].[Na+]. The molecule has 13 heteroatoms. The average molecular weight is 624 g/mol. The van der Waals surface area contributed by atoms with Crippen LogP contribution in [0.5, 0.6) is 0 Å². The number of phosphoric ester groups is 1. The van der Waals surface area contributed by atoms with Crippen LogP contribution >= 0.6 is 7.82 Å². The number of carbonyl (C=O) groups is 3. The summed E-state index contributed by atoms with van der Waals surface area (Å²) in [5.41, 5.74) is 0. The average Bonchev–Trinajstić information content (AvgIpc) is 2.87. The van der Waals surface area contributed by atoms with Gasteiger partial charge in [0.15, 0.2) is 6.10 Å². The summed E-state index contributed by atoms with van der Waals surface area (Å²) in [5, 5.41) is 2.77. The summed E-state index contributed by atoms with van der Waals surface area (Å²) in [6.45, 7) is 3.36. The molecule has 0 aromatic heterocycles. The Bertz CT molecular complexity index is 695. The fraction of sp³-hybridized carbons (Fsp3) is 0.893. The molecule has 230 valence electrons. The second kappa shape index (κ2) is 31.9. The Morgan fingerprint density at radius 3 is 1.59 bits per heavy atom. The van der Waals surface area contributed by atoms with Crippen molar-refractivity contribution < 1.29 is 102 Å². The smallest absolute Gasteiger partial charge is 0.790 e. The van der Waals surface area contributed by atoms with Crippen molar-refractivity contribution in [1.82, 2.24) is 5.32 Å². The van der Waals surface area contributed by atoms with Gasteiger partial charge in [0.05, 0.1) is 14.4 Å². The zero-order valence-corrected chi connectivity index (χ0v) is 31.1. The molecule has 41 heavy (non-hydrogen) atoms. The molecule has 0 aliphatic rings. The van der Waals surface area contributed by atoms with Crippen molar-refractivity contribution in [2.45, 2.75) is 142 Å². The number of ether oxygens (including phenoxy) is 2. The molecule has 1 atom stereocenters. The predicted molar refractivity (Wildman–Crippen MR) is 146 cm³/mol. The molecule has 0 radical (unpaired) electrons. The third-order valence-corrected chi connectivity index (χ3v) is 6.78. The molecule has 0 aliphatic heterocycles. The van der Waals surface area contributed by atoms with Crippen LogP contribution in [0.4, 0.5) is 0 Å². The van der Waals surface area contributed by atoms with Crippen LogP contribution in [0, 0.1) is 0 Å². The summed E-state index contributed by atoms with van der Waals surface area (Å²) in [7, 11) is -5.25. The maximum absolute atomic E-state index is 12.2. The van der Waals surface area contributed by atoms with Crippen molar-refractivity contribution in [3.05, 3.63) is 0 Å². The molecular weight excluding hydrogens is 571 g/mol. The van der Waals surface area contributed by atoms with E-state index in [0.29, 0.717) is 19.4 Å². The van der Waals surface area contributed by atoms with Gasteiger partial charge in [0.25, 0.3) is 0 Å². The monoisotopic (exact) mass is 623 g/mol. The van der Waals surface area contributed by atoms with Crippen molar-refractivity contribution in [3.63, 3.8) is 0 Å². The van der Waals surface area contributed by atoms with E-state index in [1.165, 1.54) is 45.4 Å². The van der Waals surface area contributed by atoms with Crippen molar-refractivity contribution in [3.8, 4) is 0 Å². The number of phosphoric acid groups is 1. The van der Waals surface area contributed by atoms with E-state index < -0.39 is 32.5 Å². The quantitative estimate of drug-likeness (QED) is 0.0518. The summed E-state index contributed by atoms with van der Waals surface area (Å²) in [4.78, 5) is 56.7. The van der Waals surface area contributed by atoms with Crippen LogP contribution in [0.1, 0.15) is 136 Å². The first-order valence-electron chi connectivity index (χ1n) is 14.9. The number of esters is 2. The molecule has 0 heterocycles. The van der Waals surface area contributed by atoms with Gasteiger partial charge in [0.2, 0.25) is 5.91 Å². The van der Waals surface area contributed by atoms with E-state index >= 15 is 0 Å². The van der Waals surface area contributed by atoms with Crippen LogP contribution in [0.3, 0.4) is 0 Å². The van der Waals surface area contributed by atoms with Crippen LogP contribution in [-0.4, -0.2) is 43.7 Å². The number of amides is 1. The standard InChI is InChI=1S/C28H54NO9P.2Na/c1-3-4-5-6-7-8-9-11-15-18-21-28(32)38-26(24-37-39(33,34)35)23-36-27(31)20-17-14-12-10-13-16-19-22-29-25(2)30;;/h26H,3-24H2,1-2H3,(H,29,30)(H2,33,34,35);;/q;2*+1/p-2/t26-;;/m0../s1. The molecule has 0 bridgehead atoms. The second-order valence-corrected chi connectivity index (χ2v) is 11.3. The summed E-state index contributed by atoms with van der Waals surface area (Å²) >= 11 is 0. The van der Waals surface area contributed by atoms with Gasteiger partial charge in [-0.3, -0.25) is 14.4 Å². The molecule has 0 unspecified atom stereocenters. The number of rotatable bonds is 27. The number of carbonyl (C=O) groups excluding carboxylic acids is 3. The Morgan fingerprint density at radius 2 is 1.12 bits per heavy atom. The Kier molecular flexibility index (Phi) is 35.8. The summed E-state index contributed by atoms with van der Waals surface area (Å²) < 4.78 is 25.5. The van der Waals surface area contributed by atoms with Gasteiger partial charge in [-0.2, -0.15) is 0 Å². The summed E-state index contributed by atoms with van der Waals surface area (Å²) in [5.74, 6) is -1.03. The molecule has 0 rings (SSSR count). The fourth-order valence-corrected chi connectivity index (χ4v) is 4.44. The van der Waals surface area contributed by atoms with E-state index in [-0.39, 0.29) is 84.5 Å². The zero-order valence-electron chi connectivity index (χ0n) is 26.3. The molecule has 0 spiro atoms. The van der Waals surface area contributed by atoms with E-state index in [1.54, 1.807) is 0 Å². The number of hydrogen-bond acceptors (Lipinski definition) is 9. The van der Waals surface area contributed by atoms with Crippen LogP contribution < -0.4 is 74.2 Å². The van der Waals surface area contributed by atoms with Gasteiger partial charge >= 0.3 is 71.1 Å². The van der Waals surface area contributed by atoms with Gasteiger partial charge < -0.3 is 33.7 Å². The molecular formula is C28H52NNa2O9P. The first-order valence-corrected chi connectivity index (χ1v) is 16.4. The second-order valence-electron chi connectivity index (χ2n) is 10.2. The summed E-state index contributed by atoms with van der Waals surface area (Å²) in [6, 6.07) is 0. The first-order chi connectivity index (χ1) is 18.6. The molecule has 0 fully saturated rings.